The Morgan fingerprint density at radius 3 is 2.61 bits per heavy atom. The zero-order valence-corrected chi connectivity index (χ0v) is 10.6. The molecule has 18 heavy (non-hydrogen) atoms. The van der Waals surface area contributed by atoms with Crippen LogP contribution >= 0.6 is 0 Å². The van der Waals surface area contributed by atoms with Crippen molar-refractivity contribution < 1.29 is 18.2 Å². The van der Waals surface area contributed by atoms with Crippen LogP contribution in [0, 0.1) is 16.8 Å². The molecule has 2 rings (SSSR count). The van der Waals surface area contributed by atoms with Crippen molar-refractivity contribution in [3.63, 3.8) is 0 Å². The molecule has 1 saturated heterocycles. The lowest BCUT2D eigenvalue weighted by Gasteiger charge is -2.39. The zero-order valence-electron chi connectivity index (χ0n) is 10.6. The summed E-state index contributed by atoms with van der Waals surface area (Å²) in [5.74, 6) is -1.79. The largest absolute Gasteiger partial charge is 0.633 e. The van der Waals surface area contributed by atoms with E-state index in [1.54, 1.807) is 0 Å². The molecule has 0 spiro atoms. The summed E-state index contributed by atoms with van der Waals surface area (Å²) in [5.41, 5.74) is -0.264. The van der Waals surface area contributed by atoms with Crippen molar-refractivity contribution in [2.75, 3.05) is 26.7 Å². The molecule has 0 bridgehead atoms. The van der Waals surface area contributed by atoms with Gasteiger partial charge in [0.1, 0.15) is 12.1 Å². The minimum Gasteiger partial charge on any atom is -0.633 e. The van der Waals surface area contributed by atoms with Crippen LogP contribution in [0.4, 0.5) is 8.78 Å². The van der Waals surface area contributed by atoms with Gasteiger partial charge in [0.2, 0.25) is 0 Å². The summed E-state index contributed by atoms with van der Waals surface area (Å²) >= 11 is 0. The predicted octanol–water partition coefficient (Wildman–Crippen LogP) is 2.54. The highest BCUT2D eigenvalue weighted by Gasteiger charge is 2.46. The molecule has 0 saturated carbocycles. The Morgan fingerprint density at radius 1 is 1.39 bits per heavy atom. The second-order valence-corrected chi connectivity index (χ2v) is 4.83. The molecule has 0 N–H and O–H groups in total. The molecule has 3 nitrogen and oxygen atoms in total. The molecule has 0 aromatic heterocycles. The number of methoxy groups -OCH3 is 1. The molecule has 5 heteroatoms. The van der Waals surface area contributed by atoms with Gasteiger partial charge in [0.25, 0.3) is 0 Å². The van der Waals surface area contributed by atoms with Crippen LogP contribution in [0.2, 0.25) is 0 Å². The fourth-order valence-electron chi connectivity index (χ4n) is 2.58. The van der Waals surface area contributed by atoms with Crippen molar-refractivity contribution in [1.29, 1.82) is 0 Å². The highest BCUT2D eigenvalue weighted by Crippen LogP contribution is 2.39. The van der Waals surface area contributed by atoms with Crippen molar-refractivity contribution in [3.8, 4) is 0 Å². The lowest BCUT2D eigenvalue weighted by atomic mass is 9.92. The van der Waals surface area contributed by atoms with Gasteiger partial charge in [0.15, 0.2) is 11.6 Å². The molecule has 0 aliphatic carbocycles. The topological polar surface area (TPSA) is 32.3 Å². The van der Waals surface area contributed by atoms with Crippen LogP contribution in [0.5, 0.6) is 0 Å². The third kappa shape index (κ3) is 2.13. The van der Waals surface area contributed by atoms with Gasteiger partial charge in [-0.2, -0.15) is 0 Å². The summed E-state index contributed by atoms with van der Waals surface area (Å²) < 4.78 is 31.4. The van der Waals surface area contributed by atoms with E-state index >= 15 is 0 Å². The average Bonchev–Trinajstić information content (AvgIpc) is 2.73. The van der Waals surface area contributed by atoms with Crippen molar-refractivity contribution in [3.05, 3.63) is 40.6 Å². The highest BCUT2D eigenvalue weighted by atomic mass is 19.2. The van der Waals surface area contributed by atoms with E-state index < -0.39 is 17.2 Å². The zero-order chi connectivity index (χ0) is 13.4. The summed E-state index contributed by atoms with van der Waals surface area (Å²) in [6, 6.07) is 3.70. The first-order valence-corrected chi connectivity index (χ1v) is 6.02. The number of likely N-dealkylation sites (tertiary alicyclic amines) is 1. The summed E-state index contributed by atoms with van der Waals surface area (Å²) in [6.07, 6.45) is 0.520. The predicted molar refractivity (Wildman–Crippen MR) is 63.6 cm³/mol. The molecule has 1 heterocycles. The van der Waals surface area contributed by atoms with E-state index in [2.05, 4.69) is 0 Å². The Kier molecular flexibility index (Phi) is 3.40. The normalized spacial score (nSPS) is 31.8. The van der Waals surface area contributed by atoms with Gasteiger partial charge in [0.05, 0.1) is 13.1 Å². The fourth-order valence-corrected chi connectivity index (χ4v) is 2.58. The standard InChI is InChI=1S/C13H17F2NO2/c1-3-16(17)7-6-13(9-16,18-2)10-4-5-11(14)12(15)8-10/h4-5,8H,3,6-7,9H2,1-2H3. The van der Waals surface area contributed by atoms with E-state index in [-0.39, 0.29) is 11.2 Å². The first kappa shape index (κ1) is 13.4. The molecule has 1 fully saturated rings. The van der Waals surface area contributed by atoms with Crippen LogP contribution in [-0.4, -0.2) is 31.4 Å². The van der Waals surface area contributed by atoms with Gasteiger partial charge >= 0.3 is 0 Å². The Morgan fingerprint density at radius 2 is 2.11 bits per heavy atom. The number of likely N-dealkylation sites (N-methyl/N-ethyl adjacent to an activating group) is 1. The SMILES string of the molecule is CC[N+]1([O-])CCC(OC)(c2ccc(F)c(F)c2)C1. The van der Waals surface area contributed by atoms with Crippen molar-refractivity contribution in [1.82, 2.24) is 0 Å². The first-order valence-electron chi connectivity index (χ1n) is 6.02. The first-order chi connectivity index (χ1) is 8.45. The smallest absolute Gasteiger partial charge is 0.159 e. The highest BCUT2D eigenvalue weighted by molar-refractivity contribution is 5.25. The van der Waals surface area contributed by atoms with Crippen molar-refractivity contribution in [2.24, 2.45) is 0 Å². The molecule has 0 amide bonds. The monoisotopic (exact) mass is 257 g/mol. The minimum atomic E-state index is -0.906. The maximum atomic E-state index is 13.3. The number of halogens is 2. The maximum Gasteiger partial charge on any atom is 0.159 e. The Hall–Kier alpha value is -1.04. The number of hydrogen-bond acceptors (Lipinski definition) is 2. The Balaban J connectivity index is 2.37. The van der Waals surface area contributed by atoms with E-state index in [1.807, 2.05) is 6.92 Å². The molecular formula is C13H17F2NO2. The maximum absolute atomic E-state index is 13.3. The molecule has 1 aromatic carbocycles. The van der Waals surface area contributed by atoms with Crippen LogP contribution in [0.1, 0.15) is 18.9 Å². The number of ether oxygens (including phenoxy) is 1. The molecule has 100 valence electrons. The van der Waals surface area contributed by atoms with E-state index in [9.17, 15) is 14.0 Å². The second-order valence-electron chi connectivity index (χ2n) is 4.83. The van der Waals surface area contributed by atoms with Crippen LogP contribution < -0.4 is 0 Å². The Labute approximate surface area is 105 Å². The average molecular weight is 257 g/mol. The minimum absolute atomic E-state index is 0.241. The van der Waals surface area contributed by atoms with Gasteiger partial charge < -0.3 is 14.6 Å². The van der Waals surface area contributed by atoms with Gasteiger partial charge in [-0.15, -0.1) is 0 Å². The Bertz CT molecular complexity index is 455. The number of quaternary nitrogens is 1. The summed E-state index contributed by atoms with van der Waals surface area (Å²) in [6.45, 7) is 2.95. The van der Waals surface area contributed by atoms with Gasteiger partial charge in [-0.25, -0.2) is 8.78 Å². The second kappa shape index (κ2) is 4.57. The van der Waals surface area contributed by atoms with E-state index in [1.165, 1.54) is 13.2 Å². The van der Waals surface area contributed by atoms with E-state index in [4.69, 9.17) is 4.74 Å². The van der Waals surface area contributed by atoms with Crippen LogP contribution in [0.3, 0.4) is 0 Å². The van der Waals surface area contributed by atoms with Crippen LogP contribution in [0.25, 0.3) is 0 Å². The lowest BCUT2D eigenvalue weighted by Crippen LogP contribution is -2.43. The van der Waals surface area contributed by atoms with Gasteiger partial charge in [0, 0.05) is 13.5 Å². The van der Waals surface area contributed by atoms with Crippen molar-refractivity contribution >= 4 is 0 Å². The van der Waals surface area contributed by atoms with Crippen molar-refractivity contribution in [2.45, 2.75) is 18.9 Å². The lowest BCUT2D eigenvalue weighted by molar-refractivity contribution is -0.869. The van der Waals surface area contributed by atoms with Gasteiger partial charge in [-0.3, -0.25) is 0 Å². The third-order valence-corrected chi connectivity index (χ3v) is 3.88. The third-order valence-electron chi connectivity index (χ3n) is 3.88. The van der Waals surface area contributed by atoms with Crippen LogP contribution in [-0.2, 0) is 10.3 Å². The number of hydroxylamine groups is 3. The fraction of sp³-hybridized carbons (Fsp3) is 0.538. The molecule has 1 aliphatic heterocycles. The van der Waals surface area contributed by atoms with E-state index in [0.29, 0.717) is 25.1 Å². The quantitative estimate of drug-likeness (QED) is 0.615. The molecule has 2 atom stereocenters. The molecular weight excluding hydrogens is 240 g/mol. The van der Waals surface area contributed by atoms with E-state index in [0.717, 1.165) is 12.1 Å². The van der Waals surface area contributed by atoms with Gasteiger partial charge in [-0.05, 0) is 24.6 Å². The molecule has 1 aliphatic rings. The number of hydrogen-bond donors (Lipinski definition) is 0. The molecule has 0 radical (unpaired) electrons. The molecule has 2 unspecified atom stereocenters. The number of nitrogens with zero attached hydrogens (tertiary/aromatic N) is 1. The summed E-state index contributed by atoms with van der Waals surface area (Å²) in [4.78, 5) is 0. The number of rotatable bonds is 3. The summed E-state index contributed by atoms with van der Waals surface area (Å²) in [7, 11) is 1.51. The van der Waals surface area contributed by atoms with Gasteiger partial charge in [-0.1, -0.05) is 6.07 Å². The summed E-state index contributed by atoms with van der Waals surface area (Å²) in [5, 5.41) is 12.3. The number of benzene rings is 1. The van der Waals surface area contributed by atoms with Crippen LogP contribution in [0.15, 0.2) is 18.2 Å². The molecule has 1 aromatic rings.